The third-order valence-corrected chi connectivity index (χ3v) is 3.38. The normalized spacial score (nSPS) is 10.5. The van der Waals surface area contributed by atoms with Crippen molar-refractivity contribution in [1.82, 2.24) is 9.97 Å². The lowest BCUT2D eigenvalue weighted by Crippen LogP contribution is -2.02. The first-order valence-electron chi connectivity index (χ1n) is 5.21. The van der Waals surface area contributed by atoms with Gasteiger partial charge in [-0.05, 0) is 19.1 Å². The summed E-state index contributed by atoms with van der Waals surface area (Å²) in [6.45, 7) is 2.78. The van der Waals surface area contributed by atoms with Crippen molar-refractivity contribution in [3.63, 3.8) is 0 Å². The Labute approximate surface area is 109 Å². The SMILES string of the molecule is CCNc1ncc(Cl)c(SCc2ccco2)n1. The van der Waals surface area contributed by atoms with Crippen molar-refractivity contribution in [2.24, 2.45) is 0 Å². The van der Waals surface area contributed by atoms with Gasteiger partial charge < -0.3 is 9.73 Å². The standard InChI is InChI=1S/C11H12ClN3OS/c1-2-13-11-14-6-9(12)10(15-11)17-7-8-4-3-5-16-8/h3-6H,2,7H2,1H3,(H,13,14,15). The fourth-order valence-electron chi connectivity index (χ4n) is 1.23. The van der Waals surface area contributed by atoms with E-state index in [0.29, 0.717) is 16.7 Å². The molecular formula is C11H12ClN3OS. The lowest BCUT2D eigenvalue weighted by molar-refractivity contribution is 0.530. The Balaban J connectivity index is 2.06. The van der Waals surface area contributed by atoms with Gasteiger partial charge in [0, 0.05) is 6.54 Å². The quantitative estimate of drug-likeness (QED) is 0.666. The molecule has 0 aliphatic heterocycles. The van der Waals surface area contributed by atoms with Crippen molar-refractivity contribution < 1.29 is 4.42 Å². The number of rotatable bonds is 5. The lowest BCUT2D eigenvalue weighted by Gasteiger charge is -2.05. The highest BCUT2D eigenvalue weighted by Crippen LogP contribution is 2.28. The predicted molar refractivity (Wildman–Crippen MR) is 69.5 cm³/mol. The molecule has 2 aromatic heterocycles. The Morgan fingerprint density at radius 2 is 2.41 bits per heavy atom. The van der Waals surface area contributed by atoms with Crippen molar-refractivity contribution >= 4 is 29.3 Å². The largest absolute Gasteiger partial charge is 0.468 e. The van der Waals surface area contributed by atoms with Crippen LogP contribution in [-0.4, -0.2) is 16.5 Å². The smallest absolute Gasteiger partial charge is 0.223 e. The molecule has 0 fully saturated rings. The summed E-state index contributed by atoms with van der Waals surface area (Å²) in [5, 5.41) is 4.37. The van der Waals surface area contributed by atoms with Crippen LogP contribution in [0, 0.1) is 0 Å². The number of nitrogens with zero attached hydrogens (tertiary/aromatic N) is 2. The summed E-state index contributed by atoms with van der Waals surface area (Å²) in [4.78, 5) is 8.41. The van der Waals surface area contributed by atoms with Crippen molar-refractivity contribution in [3.8, 4) is 0 Å². The predicted octanol–water partition coefficient (Wildman–Crippen LogP) is 3.45. The molecule has 0 radical (unpaired) electrons. The number of hydrogen-bond donors (Lipinski definition) is 1. The molecule has 2 heterocycles. The van der Waals surface area contributed by atoms with E-state index in [1.807, 2.05) is 19.1 Å². The fourth-order valence-corrected chi connectivity index (χ4v) is 2.27. The highest BCUT2D eigenvalue weighted by atomic mass is 35.5. The van der Waals surface area contributed by atoms with Gasteiger partial charge in [0.05, 0.1) is 23.2 Å². The minimum Gasteiger partial charge on any atom is -0.468 e. The zero-order valence-corrected chi connectivity index (χ0v) is 10.9. The Morgan fingerprint density at radius 3 is 3.12 bits per heavy atom. The molecule has 90 valence electrons. The summed E-state index contributed by atoms with van der Waals surface area (Å²) >= 11 is 7.56. The molecule has 6 heteroatoms. The van der Waals surface area contributed by atoms with Crippen LogP contribution >= 0.6 is 23.4 Å². The Morgan fingerprint density at radius 1 is 1.53 bits per heavy atom. The first kappa shape index (κ1) is 12.3. The van der Waals surface area contributed by atoms with Gasteiger partial charge in [-0.15, -0.1) is 0 Å². The number of aromatic nitrogens is 2. The molecule has 0 saturated carbocycles. The van der Waals surface area contributed by atoms with Crippen LogP contribution in [0.3, 0.4) is 0 Å². The molecule has 0 spiro atoms. The van der Waals surface area contributed by atoms with Crippen molar-refractivity contribution in [2.45, 2.75) is 17.7 Å². The van der Waals surface area contributed by atoms with Crippen molar-refractivity contribution in [2.75, 3.05) is 11.9 Å². The second-order valence-electron chi connectivity index (χ2n) is 3.25. The van der Waals surface area contributed by atoms with Crippen LogP contribution in [0.2, 0.25) is 5.02 Å². The van der Waals surface area contributed by atoms with E-state index < -0.39 is 0 Å². The molecule has 0 bridgehead atoms. The minimum atomic E-state index is 0.559. The Kier molecular flexibility index (Phi) is 4.28. The fraction of sp³-hybridized carbons (Fsp3) is 0.273. The zero-order valence-electron chi connectivity index (χ0n) is 9.31. The molecule has 2 aromatic rings. The van der Waals surface area contributed by atoms with E-state index >= 15 is 0 Å². The summed E-state index contributed by atoms with van der Waals surface area (Å²) in [5.41, 5.74) is 0. The number of hydrogen-bond acceptors (Lipinski definition) is 5. The van der Waals surface area contributed by atoms with Crippen LogP contribution in [0.25, 0.3) is 0 Å². The van der Waals surface area contributed by atoms with Crippen molar-refractivity contribution in [3.05, 3.63) is 35.4 Å². The number of anilines is 1. The van der Waals surface area contributed by atoms with E-state index in [0.717, 1.165) is 17.3 Å². The lowest BCUT2D eigenvalue weighted by atomic mass is 10.5. The summed E-state index contributed by atoms with van der Waals surface area (Å²) < 4.78 is 5.25. The molecule has 0 amide bonds. The van der Waals surface area contributed by atoms with Gasteiger partial charge >= 0.3 is 0 Å². The van der Waals surface area contributed by atoms with Crippen LogP contribution < -0.4 is 5.32 Å². The molecule has 4 nitrogen and oxygen atoms in total. The second-order valence-corrected chi connectivity index (χ2v) is 4.62. The van der Waals surface area contributed by atoms with Gasteiger partial charge in [-0.1, -0.05) is 23.4 Å². The van der Waals surface area contributed by atoms with Gasteiger partial charge in [-0.25, -0.2) is 9.97 Å². The van der Waals surface area contributed by atoms with Gasteiger partial charge in [0.25, 0.3) is 0 Å². The Bertz CT molecular complexity index is 476. The second kappa shape index (κ2) is 5.93. The molecular weight excluding hydrogens is 258 g/mol. The topological polar surface area (TPSA) is 51.0 Å². The number of halogens is 1. The molecule has 0 atom stereocenters. The molecule has 2 rings (SSSR count). The van der Waals surface area contributed by atoms with Crippen LogP contribution in [0.1, 0.15) is 12.7 Å². The maximum absolute atomic E-state index is 6.03. The number of thioether (sulfide) groups is 1. The summed E-state index contributed by atoms with van der Waals surface area (Å²) in [6.07, 6.45) is 3.26. The minimum absolute atomic E-state index is 0.559. The maximum Gasteiger partial charge on any atom is 0.223 e. The molecule has 0 aliphatic carbocycles. The summed E-state index contributed by atoms with van der Waals surface area (Å²) in [6, 6.07) is 3.79. The highest BCUT2D eigenvalue weighted by molar-refractivity contribution is 7.98. The van der Waals surface area contributed by atoms with Crippen LogP contribution in [0.4, 0.5) is 5.95 Å². The molecule has 1 N–H and O–H groups in total. The molecule has 0 aromatic carbocycles. The summed E-state index contributed by atoms with van der Waals surface area (Å²) in [7, 11) is 0. The molecule has 0 unspecified atom stereocenters. The van der Waals surface area contributed by atoms with E-state index in [4.69, 9.17) is 16.0 Å². The monoisotopic (exact) mass is 269 g/mol. The number of furan rings is 1. The van der Waals surface area contributed by atoms with Gasteiger partial charge in [-0.2, -0.15) is 0 Å². The van der Waals surface area contributed by atoms with Gasteiger partial charge in [0.1, 0.15) is 10.8 Å². The Hall–Kier alpha value is -1.20. The highest BCUT2D eigenvalue weighted by Gasteiger charge is 2.07. The van der Waals surface area contributed by atoms with E-state index in [-0.39, 0.29) is 0 Å². The van der Waals surface area contributed by atoms with E-state index in [1.54, 1.807) is 12.5 Å². The molecule has 0 saturated heterocycles. The van der Waals surface area contributed by atoms with Gasteiger partial charge in [0.2, 0.25) is 5.95 Å². The molecule has 0 aliphatic rings. The average Bonchev–Trinajstić information content (AvgIpc) is 2.83. The number of nitrogens with one attached hydrogen (secondary N) is 1. The average molecular weight is 270 g/mol. The third-order valence-electron chi connectivity index (χ3n) is 1.98. The van der Waals surface area contributed by atoms with E-state index in [1.165, 1.54) is 11.8 Å². The van der Waals surface area contributed by atoms with Crippen LogP contribution in [0.5, 0.6) is 0 Å². The molecule has 17 heavy (non-hydrogen) atoms. The van der Waals surface area contributed by atoms with E-state index in [9.17, 15) is 0 Å². The van der Waals surface area contributed by atoms with Gasteiger partial charge in [-0.3, -0.25) is 0 Å². The first-order chi connectivity index (χ1) is 8.29. The maximum atomic E-state index is 6.03. The van der Waals surface area contributed by atoms with E-state index in [2.05, 4.69) is 15.3 Å². The van der Waals surface area contributed by atoms with Crippen LogP contribution in [-0.2, 0) is 5.75 Å². The zero-order chi connectivity index (χ0) is 12.1. The van der Waals surface area contributed by atoms with Crippen LogP contribution in [0.15, 0.2) is 34.0 Å². The van der Waals surface area contributed by atoms with Gasteiger partial charge in [0.15, 0.2) is 0 Å². The first-order valence-corrected chi connectivity index (χ1v) is 6.57. The summed E-state index contributed by atoms with van der Waals surface area (Å²) in [5.74, 6) is 2.20. The van der Waals surface area contributed by atoms with Crippen molar-refractivity contribution in [1.29, 1.82) is 0 Å². The third kappa shape index (κ3) is 3.38.